The van der Waals surface area contributed by atoms with Gasteiger partial charge in [0, 0.05) is 0 Å². The van der Waals surface area contributed by atoms with Crippen LogP contribution in [0.25, 0.3) is 0 Å². The zero-order chi connectivity index (χ0) is 11.4. The van der Waals surface area contributed by atoms with Gasteiger partial charge in [-0.15, -0.1) is 0 Å². The summed E-state index contributed by atoms with van der Waals surface area (Å²) < 4.78 is 0. The number of rotatable bonds is 2. The smallest absolute Gasteiger partial charge is 0.0701 e. The van der Waals surface area contributed by atoms with Crippen LogP contribution in [-0.2, 0) is 0 Å². The summed E-state index contributed by atoms with van der Waals surface area (Å²) in [7, 11) is 0. The van der Waals surface area contributed by atoms with E-state index in [1.165, 1.54) is 0 Å². The molecule has 2 nitrogen and oxygen atoms in total. The molecule has 0 aliphatic carbocycles. The molecule has 0 radical (unpaired) electrons. The summed E-state index contributed by atoms with van der Waals surface area (Å²) in [6.45, 7) is 5.73. The van der Waals surface area contributed by atoms with Crippen LogP contribution in [0.3, 0.4) is 0 Å². The molecular weight excluding hydrogens is 184 g/mol. The van der Waals surface area contributed by atoms with Gasteiger partial charge in [-0.25, -0.2) is 0 Å². The standard InChI is InChI=1S/C13H14N2/c1-9-4-5-12(10(2)7-14)6-13(9)11(3)8-15/h4-6,10-11H,1-3H3. The second-order valence-corrected chi connectivity index (χ2v) is 3.82. The predicted molar refractivity (Wildman–Crippen MR) is 59.2 cm³/mol. The first-order valence-corrected chi connectivity index (χ1v) is 4.99. The van der Waals surface area contributed by atoms with Gasteiger partial charge in [-0.05, 0) is 37.5 Å². The van der Waals surface area contributed by atoms with Gasteiger partial charge in [0.2, 0.25) is 0 Å². The highest BCUT2D eigenvalue weighted by Crippen LogP contribution is 2.24. The van der Waals surface area contributed by atoms with Gasteiger partial charge in [0.05, 0.1) is 24.0 Å². The van der Waals surface area contributed by atoms with Crippen molar-refractivity contribution in [1.82, 2.24) is 0 Å². The molecule has 0 N–H and O–H groups in total. The molecular formula is C13H14N2. The van der Waals surface area contributed by atoms with Crippen LogP contribution in [0, 0.1) is 29.6 Å². The lowest BCUT2D eigenvalue weighted by Gasteiger charge is -2.11. The maximum absolute atomic E-state index is 8.88. The van der Waals surface area contributed by atoms with Crippen molar-refractivity contribution in [2.75, 3.05) is 0 Å². The summed E-state index contributed by atoms with van der Waals surface area (Å²) in [6.07, 6.45) is 0. The van der Waals surface area contributed by atoms with Gasteiger partial charge < -0.3 is 0 Å². The maximum atomic E-state index is 8.88. The molecule has 0 aliphatic heterocycles. The SMILES string of the molecule is Cc1ccc(C(C)C#N)cc1C(C)C#N. The van der Waals surface area contributed by atoms with Crippen molar-refractivity contribution < 1.29 is 0 Å². The Bertz CT molecular complexity index is 435. The average Bonchev–Trinajstić information content (AvgIpc) is 2.27. The maximum Gasteiger partial charge on any atom is 0.0701 e. The molecule has 0 spiro atoms. The van der Waals surface area contributed by atoms with Crippen LogP contribution in [0.2, 0.25) is 0 Å². The molecule has 0 heterocycles. The minimum atomic E-state index is -0.116. The van der Waals surface area contributed by atoms with Crippen molar-refractivity contribution >= 4 is 0 Å². The van der Waals surface area contributed by atoms with Crippen LogP contribution in [0.4, 0.5) is 0 Å². The van der Waals surface area contributed by atoms with E-state index < -0.39 is 0 Å². The topological polar surface area (TPSA) is 47.6 Å². The van der Waals surface area contributed by atoms with E-state index in [0.717, 1.165) is 16.7 Å². The van der Waals surface area contributed by atoms with Crippen LogP contribution in [0.1, 0.15) is 42.4 Å². The first-order chi connectivity index (χ1) is 7.10. The first-order valence-electron chi connectivity index (χ1n) is 4.99. The van der Waals surface area contributed by atoms with Crippen molar-refractivity contribution in [3.05, 3.63) is 34.9 Å². The van der Waals surface area contributed by atoms with Crippen LogP contribution in [-0.4, -0.2) is 0 Å². The number of nitrogens with zero attached hydrogens (tertiary/aromatic N) is 2. The molecule has 1 aromatic rings. The molecule has 0 saturated heterocycles. The van der Waals surface area contributed by atoms with E-state index in [9.17, 15) is 0 Å². The summed E-state index contributed by atoms with van der Waals surface area (Å²) in [5, 5.41) is 17.7. The van der Waals surface area contributed by atoms with Crippen molar-refractivity contribution in [1.29, 1.82) is 10.5 Å². The molecule has 15 heavy (non-hydrogen) atoms. The second-order valence-electron chi connectivity index (χ2n) is 3.82. The van der Waals surface area contributed by atoms with Crippen molar-refractivity contribution in [3.63, 3.8) is 0 Å². The van der Waals surface area contributed by atoms with Gasteiger partial charge in [0.15, 0.2) is 0 Å². The van der Waals surface area contributed by atoms with Crippen LogP contribution >= 0.6 is 0 Å². The van der Waals surface area contributed by atoms with Gasteiger partial charge in [0.25, 0.3) is 0 Å². The van der Waals surface area contributed by atoms with Crippen LogP contribution < -0.4 is 0 Å². The van der Waals surface area contributed by atoms with Gasteiger partial charge in [-0.3, -0.25) is 0 Å². The van der Waals surface area contributed by atoms with E-state index in [2.05, 4.69) is 12.1 Å². The minimum absolute atomic E-state index is 0.115. The molecule has 0 saturated carbocycles. The molecule has 0 aliphatic rings. The van der Waals surface area contributed by atoms with Crippen LogP contribution in [0.15, 0.2) is 18.2 Å². The number of hydrogen-bond acceptors (Lipinski definition) is 2. The second kappa shape index (κ2) is 4.62. The first kappa shape index (κ1) is 11.3. The monoisotopic (exact) mass is 198 g/mol. The molecule has 1 aromatic carbocycles. The summed E-state index contributed by atoms with van der Waals surface area (Å²) in [6, 6.07) is 10.3. The van der Waals surface area contributed by atoms with E-state index in [-0.39, 0.29) is 11.8 Å². The number of aryl methyl sites for hydroxylation is 1. The third kappa shape index (κ3) is 2.36. The Kier molecular flexibility index (Phi) is 3.47. The molecule has 0 amide bonds. The van der Waals surface area contributed by atoms with Gasteiger partial charge >= 0.3 is 0 Å². The van der Waals surface area contributed by atoms with Crippen molar-refractivity contribution in [2.45, 2.75) is 32.6 Å². The Morgan fingerprint density at radius 1 is 1.07 bits per heavy atom. The predicted octanol–water partition coefficient (Wildman–Crippen LogP) is 3.25. The Balaban J connectivity index is 3.19. The largest absolute Gasteiger partial charge is 0.198 e. The van der Waals surface area contributed by atoms with E-state index >= 15 is 0 Å². The third-order valence-electron chi connectivity index (χ3n) is 2.66. The van der Waals surface area contributed by atoms with Crippen molar-refractivity contribution in [3.8, 4) is 12.1 Å². The zero-order valence-corrected chi connectivity index (χ0v) is 9.28. The molecule has 76 valence electrons. The lowest BCUT2D eigenvalue weighted by Crippen LogP contribution is -1.97. The Morgan fingerprint density at radius 3 is 2.20 bits per heavy atom. The molecule has 0 aromatic heterocycles. The molecule has 0 bridgehead atoms. The lowest BCUT2D eigenvalue weighted by atomic mass is 9.92. The quantitative estimate of drug-likeness (QED) is 0.732. The third-order valence-corrected chi connectivity index (χ3v) is 2.66. The van der Waals surface area contributed by atoms with E-state index in [4.69, 9.17) is 10.5 Å². The van der Waals surface area contributed by atoms with Crippen molar-refractivity contribution in [2.24, 2.45) is 0 Å². The molecule has 2 atom stereocenters. The summed E-state index contributed by atoms with van der Waals surface area (Å²) in [4.78, 5) is 0. The summed E-state index contributed by atoms with van der Waals surface area (Å²) in [5.41, 5.74) is 3.12. The number of hydrogen-bond donors (Lipinski definition) is 0. The minimum Gasteiger partial charge on any atom is -0.198 e. The highest BCUT2D eigenvalue weighted by Gasteiger charge is 2.10. The van der Waals surface area contributed by atoms with E-state index in [1.54, 1.807) is 0 Å². The summed E-state index contributed by atoms with van der Waals surface area (Å²) >= 11 is 0. The highest BCUT2D eigenvalue weighted by molar-refractivity contribution is 5.38. The highest BCUT2D eigenvalue weighted by atomic mass is 14.3. The lowest BCUT2D eigenvalue weighted by molar-refractivity contribution is 0.931. The van der Waals surface area contributed by atoms with Gasteiger partial charge in [0.1, 0.15) is 0 Å². The fraction of sp³-hybridized carbons (Fsp3) is 0.385. The Morgan fingerprint density at radius 2 is 1.67 bits per heavy atom. The molecule has 1 rings (SSSR count). The number of nitriles is 2. The number of benzene rings is 1. The normalized spacial score (nSPS) is 13.7. The van der Waals surface area contributed by atoms with E-state index in [0.29, 0.717) is 0 Å². The van der Waals surface area contributed by atoms with Crippen LogP contribution in [0.5, 0.6) is 0 Å². The van der Waals surface area contributed by atoms with Gasteiger partial charge in [-0.1, -0.05) is 18.2 Å². The Hall–Kier alpha value is -1.80. The van der Waals surface area contributed by atoms with Gasteiger partial charge in [-0.2, -0.15) is 10.5 Å². The molecule has 0 fully saturated rings. The Labute approximate surface area is 90.8 Å². The zero-order valence-electron chi connectivity index (χ0n) is 9.28. The average molecular weight is 198 g/mol. The van der Waals surface area contributed by atoms with E-state index in [1.807, 2.05) is 39.0 Å². The molecule has 2 unspecified atom stereocenters. The fourth-order valence-corrected chi connectivity index (χ4v) is 1.54. The molecule has 2 heteroatoms. The summed E-state index contributed by atoms with van der Waals surface area (Å²) in [5.74, 6) is -0.230. The fourth-order valence-electron chi connectivity index (χ4n) is 1.54.